The van der Waals surface area contributed by atoms with Gasteiger partial charge in [-0.15, -0.1) is 0 Å². The van der Waals surface area contributed by atoms with Crippen molar-refractivity contribution in [1.29, 1.82) is 0 Å². The number of ether oxygens (including phenoxy) is 1. The van der Waals surface area contributed by atoms with Crippen molar-refractivity contribution in [2.45, 2.75) is 13.3 Å². The summed E-state index contributed by atoms with van der Waals surface area (Å²) in [5, 5.41) is 1.21. The number of aromatic nitrogens is 1. The van der Waals surface area contributed by atoms with E-state index in [0.717, 1.165) is 35.2 Å². The molecule has 0 fully saturated rings. The predicted octanol–water partition coefficient (Wildman–Crippen LogP) is 4.31. The highest BCUT2D eigenvalue weighted by Gasteiger charge is 2.07. The van der Waals surface area contributed by atoms with Crippen molar-refractivity contribution in [2.24, 2.45) is 0 Å². The lowest BCUT2D eigenvalue weighted by molar-refractivity contribution is -0.103. The van der Waals surface area contributed by atoms with Crippen LogP contribution in [0, 0.1) is 6.92 Å². The number of aromatic amines is 1. The number of carbonyl (C=O) groups is 1. The maximum atomic E-state index is 11.5. The normalized spacial score (nSPS) is 11.7. The number of hydrogen-bond donors (Lipinski definition) is 1. The van der Waals surface area contributed by atoms with Crippen molar-refractivity contribution in [3.8, 4) is 5.75 Å². The number of methoxy groups -OCH3 is 1. The second kappa shape index (κ2) is 6.53. The minimum atomic E-state index is 0.692. The molecule has 0 bridgehead atoms. The molecule has 0 unspecified atom stereocenters. The summed E-state index contributed by atoms with van der Waals surface area (Å²) in [6.45, 7) is 2.07. The van der Waals surface area contributed by atoms with Gasteiger partial charge in [-0.2, -0.15) is 0 Å². The number of allylic oxidation sites excluding steroid dienone is 2. The zero-order valence-electron chi connectivity index (χ0n) is 13.3. The first-order valence-electron chi connectivity index (χ1n) is 7.59. The number of para-hydroxylation sites is 1. The zero-order valence-corrected chi connectivity index (χ0v) is 13.3. The number of nitrogens with one attached hydrogen (secondary N) is 1. The van der Waals surface area contributed by atoms with Gasteiger partial charge in [0, 0.05) is 22.2 Å². The summed E-state index contributed by atoms with van der Waals surface area (Å²) in [6, 6.07) is 15.8. The fourth-order valence-electron chi connectivity index (χ4n) is 2.83. The molecule has 3 rings (SSSR count). The largest absolute Gasteiger partial charge is 0.497 e. The third-order valence-electron chi connectivity index (χ3n) is 4.10. The second-order valence-electron chi connectivity index (χ2n) is 5.48. The third kappa shape index (κ3) is 3.04. The Labute approximate surface area is 135 Å². The number of aryl methyl sites for hydroxylation is 1. The van der Waals surface area contributed by atoms with Gasteiger partial charge in [-0.25, -0.2) is 0 Å². The fraction of sp³-hybridized carbons (Fsp3) is 0.150. The SMILES string of the molecule is COc1ccc(C(C=O)=CCc2c(C)[nH]c3ccccc23)cc1. The summed E-state index contributed by atoms with van der Waals surface area (Å²) < 4.78 is 5.15. The Bertz CT molecular complexity index is 857. The number of carbonyl (C=O) groups excluding carboxylic acids is 1. The van der Waals surface area contributed by atoms with E-state index < -0.39 is 0 Å². The van der Waals surface area contributed by atoms with Crippen molar-refractivity contribution in [3.05, 3.63) is 71.4 Å². The van der Waals surface area contributed by atoms with Gasteiger partial charge in [0.15, 0.2) is 0 Å². The van der Waals surface area contributed by atoms with Crippen molar-refractivity contribution < 1.29 is 9.53 Å². The van der Waals surface area contributed by atoms with Crippen LogP contribution in [0.4, 0.5) is 0 Å². The van der Waals surface area contributed by atoms with E-state index in [1.54, 1.807) is 7.11 Å². The molecular formula is C20H19NO2. The number of fused-ring (bicyclic) bond motifs is 1. The molecule has 1 N–H and O–H groups in total. The first-order valence-corrected chi connectivity index (χ1v) is 7.59. The summed E-state index contributed by atoms with van der Waals surface area (Å²) in [4.78, 5) is 14.9. The number of hydrogen-bond acceptors (Lipinski definition) is 2. The van der Waals surface area contributed by atoms with E-state index in [-0.39, 0.29) is 0 Å². The Hall–Kier alpha value is -2.81. The van der Waals surface area contributed by atoms with Gasteiger partial charge in [0.05, 0.1) is 7.11 Å². The summed E-state index contributed by atoms with van der Waals surface area (Å²) in [5.74, 6) is 0.784. The van der Waals surface area contributed by atoms with Crippen molar-refractivity contribution in [1.82, 2.24) is 4.98 Å². The Morgan fingerprint density at radius 2 is 1.87 bits per heavy atom. The van der Waals surface area contributed by atoms with E-state index in [9.17, 15) is 4.79 Å². The van der Waals surface area contributed by atoms with Crippen LogP contribution in [0.5, 0.6) is 5.75 Å². The van der Waals surface area contributed by atoms with Crippen LogP contribution in [-0.4, -0.2) is 18.4 Å². The van der Waals surface area contributed by atoms with Gasteiger partial charge in [0.1, 0.15) is 12.0 Å². The summed E-state index contributed by atoms with van der Waals surface area (Å²) in [5.41, 5.74) is 5.09. The highest BCUT2D eigenvalue weighted by molar-refractivity contribution is 6.07. The molecule has 0 atom stereocenters. The summed E-state index contributed by atoms with van der Waals surface area (Å²) >= 11 is 0. The van der Waals surface area contributed by atoms with Gasteiger partial charge in [0.2, 0.25) is 0 Å². The standard InChI is InChI=1S/C20H19NO2/c1-14-18(19-5-3-4-6-20(19)21-14)12-9-16(13-22)15-7-10-17(23-2)11-8-15/h3-11,13,21H,12H2,1-2H3. The van der Waals surface area contributed by atoms with Crippen LogP contribution in [0.15, 0.2) is 54.6 Å². The highest BCUT2D eigenvalue weighted by Crippen LogP contribution is 2.24. The molecule has 1 aromatic heterocycles. The number of benzene rings is 2. The molecule has 0 amide bonds. The third-order valence-corrected chi connectivity index (χ3v) is 4.10. The lowest BCUT2D eigenvalue weighted by Crippen LogP contribution is -1.90. The van der Waals surface area contributed by atoms with Crippen molar-refractivity contribution >= 4 is 22.8 Å². The molecule has 0 aliphatic heterocycles. The number of H-pyrrole nitrogens is 1. The Kier molecular flexibility index (Phi) is 4.29. The molecule has 1 heterocycles. The topological polar surface area (TPSA) is 42.1 Å². The molecule has 0 radical (unpaired) electrons. The van der Waals surface area contributed by atoms with Crippen molar-refractivity contribution in [2.75, 3.05) is 7.11 Å². The molecule has 23 heavy (non-hydrogen) atoms. The van der Waals surface area contributed by atoms with Crippen LogP contribution in [0.2, 0.25) is 0 Å². The average molecular weight is 305 g/mol. The zero-order chi connectivity index (χ0) is 16.2. The average Bonchev–Trinajstić information content (AvgIpc) is 2.91. The first kappa shape index (κ1) is 15.1. The molecule has 3 aromatic rings. The molecule has 116 valence electrons. The van der Waals surface area contributed by atoms with Crippen LogP contribution in [-0.2, 0) is 11.2 Å². The van der Waals surface area contributed by atoms with Crippen LogP contribution < -0.4 is 4.74 Å². The highest BCUT2D eigenvalue weighted by atomic mass is 16.5. The minimum Gasteiger partial charge on any atom is -0.497 e. The predicted molar refractivity (Wildman–Crippen MR) is 93.8 cm³/mol. The molecule has 0 aliphatic carbocycles. The van der Waals surface area contributed by atoms with Crippen LogP contribution in [0.25, 0.3) is 16.5 Å². The van der Waals surface area contributed by atoms with E-state index in [0.29, 0.717) is 5.57 Å². The van der Waals surface area contributed by atoms with Gasteiger partial charge in [0.25, 0.3) is 0 Å². The van der Waals surface area contributed by atoms with Crippen LogP contribution in [0.3, 0.4) is 0 Å². The smallest absolute Gasteiger partial charge is 0.150 e. The van der Waals surface area contributed by atoms with Crippen LogP contribution >= 0.6 is 0 Å². The van der Waals surface area contributed by atoms with E-state index >= 15 is 0 Å². The molecule has 0 aliphatic rings. The lowest BCUT2D eigenvalue weighted by atomic mass is 10.0. The van der Waals surface area contributed by atoms with Crippen LogP contribution in [0.1, 0.15) is 16.8 Å². The number of rotatable bonds is 5. The summed E-state index contributed by atoms with van der Waals surface area (Å²) in [6.07, 6.45) is 3.61. The Morgan fingerprint density at radius 1 is 1.13 bits per heavy atom. The first-order chi connectivity index (χ1) is 11.2. The van der Waals surface area contributed by atoms with E-state index in [2.05, 4.69) is 24.0 Å². The molecule has 0 spiro atoms. The lowest BCUT2D eigenvalue weighted by Gasteiger charge is -2.04. The maximum absolute atomic E-state index is 11.5. The number of aldehydes is 1. The minimum absolute atomic E-state index is 0.692. The Balaban J connectivity index is 1.92. The monoisotopic (exact) mass is 305 g/mol. The Morgan fingerprint density at radius 3 is 2.57 bits per heavy atom. The van der Waals surface area contributed by atoms with Gasteiger partial charge in [-0.3, -0.25) is 4.79 Å². The van der Waals surface area contributed by atoms with Gasteiger partial charge >= 0.3 is 0 Å². The van der Waals surface area contributed by atoms with Gasteiger partial charge in [-0.1, -0.05) is 36.4 Å². The molecule has 2 aromatic carbocycles. The van der Waals surface area contributed by atoms with Gasteiger partial charge < -0.3 is 9.72 Å². The summed E-state index contributed by atoms with van der Waals surface area (Å²) in [7, 11) is 1.63. The van der Waals surface area contributed by atoms with E-state index in [4.69, 9.17) is 4.74 Å². The molecular weight excluding hydrogens is 286 g/mol. The molecule has 3 heteroatoms. The maximum Gasteiger partial charge on any atom is 0.150 e. The molecule has 0 saturated heterocycles. The van der Waals surface area contributed by atoms with E-state index in [1.165, 1.54) is 10.9 Å². The molecule has 0 saturated carbocycles. The second-order valence-corrected chi connectivity index (χ2v) is 5.48. The molecule has 3 nitrogen and oxygen atoms in total. The van der Waals surface area contributed by atoms with Crippen molar-refractivity contribution in [3.63, 3.8) is 0 Å². The van der Waals surface area contributed by atoms with Gasteiger partial charge in [-0.05, 0) is 42.7 Å². The quantitative estimate of drug-likeness (QED) is 0.564. The fourth-order valence-corrected chi connectivity index (χ4v) is 2.83. The van der Waals surface area contributed by atoms with E-state index in [1.807, 2.05) is 42.5 Å².